The van der Waals surface area contributed by atoms with Gasteiger partial charge in [0.1, 0.15) is 5.56 Å². The number of pyridine rings is 1. The first-order chi connectivity index (χ1) is 8.18. The number of hydrogen-bond acceptors (Lipinski definition) is 3. The van der Waals surface area contributed by atoms with Crippen LogP contribution in [0.4, 0.5) is 0 Å². The second kappa shape index (κ2) is 5.40. The highest BCUT2D eigenvalue weighted by molar-refractivity contribution is 7.99. The third kappa shape index (κ3) is 2.91. The van der Waals surface area contributed by atoms with Crippen LogP contribution in [0.5, 0.6) is 0 Å². The van der Waals surface area contributed by atoms with Gasteiger partial charge in [0.05, 0.1) is 0 Å². The molecule has 1 N–H and O–H groups in total. The van der Waals surface area contributed by atoms with Gasteiger partial charge in [-0.25, -0.2) is 0 Å². The number of aromatic amines is 1. The maximum atomic E-state index is 12.2. The van der Waals surface area contributed by atoms with Crippen LogP contribution in [0.25, 0.3) is 0 Å². The smallest absolute Gasteiger partial charge is 0.260 e. The zero-order valence-corrected chi connectivity index (χ0v) is 10.7. The highest BCUT2D eigenvalue weighted by Crippen LogP contribution is 2.11. The zero-order chi connectivity index (χ0) is 12.3. The molecule has 0 spiro atoms. The maximum Gasteiger partial charge on any atom is 0.260 e. The quantitative estimate of drug-likeness (QED) is 0.818. The van der Waals surface area contributed by atoms with Crippen molar-refractivity contribution in [1.82, 2.24) is 9.88 Å². The third-order valence-corrected chi connectivity index (χ3v) is 3.84. The highest BCUT2D eigenvalue weighted by atomic mass is 32.2. The first kappa shape index (κ1) is 12.2. The normalized spacial score (nSPS) is 16.6. The summed E-state index contributed by atoms with van der Waals surface area (Å²) in [5.41, 5.74) is 0.743. The SMILES string of the molecule is Cc1ccc(C(=O)N2CCCSCC2)c(=O)[nH]1. The fourth-order valence-corrected chi connectivity index (χ4v) is 2.75. The molecule has 1 amide bonds. The summed E-state index contributed by atoms with van der Waals surface area (Å²) in [6, 6.07) is 3.38. The monoisotopic (exact) mass is 252 g/mol. The van der Waals surface area contributed by atoms with Crippen LogP contribution < -0.4 is 5.56 Å². The van der Waals surface area contributed by atoms with Crippen molar-refractivity contribution < 1.29 is 4.79 Å². The van der Waals surface area contributed by atoms with Crippen LogP contribution in [0.15, 0.2) is 16.9 Å². The van der Waals surface area contributed by atoms with Crippen LogP contribution in [-0.4, -0.2) is 40.4 Å². The molecule has 0 aromatic carbocycles. The zero-order valence-electron chi connectivity index (χ0n) is 9.86. The van der Waals surface area contributed by atoms with Gasteiger partial charge in [0, 0.05) is 24.5 Å². The number of H-pyrrole nitrogens is 1. The number of rotatable bonds is 1. The lowest BCUT2D eigenvalue weighted by Gasteiger charge is -2.19. The Balaban J connectivity index is 2.20. The van der Waals surface area contributed by atoms with E-state index >= 15 is 0 Å². The minimum atomic E-state index is -0.285. The summed E-state index contributed by atoms with van der Waals surface area (Å²) in [5.74, 6) is 1.90. The van der Waals surface area contributed by atoms with Gasteiger partial charge < -0.3 is 9.88 Å². The Labute approximate surface area is 104 Å². The fraction of sp³-hybridized carbons (Fsp3) is 0.500. The molecule has 0 saturated carbocycles. The number of thioether (sulfide) groups is 1. The van der Waals surface area contributed by atoms with Crippen LogP contribution in [0, 0.1) is 6.92 Å². The molecule has 1 aliphatic rings. The lowest BCUT2D eigenvalue weighted by atomic mass is 10.2. The lowest BCUT2D eigenvalue weighted by molar-refractivity contribution is 0.0766. The van der Waals surface area contributed by atoms with Crippen molar-refractivity contribution >= 4 is 17.7 Å². The number of carbonyl (C=O) groups excluding carboxylic acids is 1. The van der Waals surface area contributed by atoms with Gasteiger partial charge in [0.2, 0.25) is 0 Å². The number of hydrogen-bond donors (Lipinski definition) is 1. The van der Waals surface area contributed by atoms with Crippen molar-refractivity contribution in [2.45, 2.75) is 13.3 Å². The van der Waals surface area contributed by atoms with Gasteiger partial charge in [0.25, 0.3) is 11.5 Å². The van der Waals surface area contributed by atoms with Gasteiger partial charge in [-0.05, 0) is 31.2 Å². The number of aromatic nitrogens is 1. The predicted octanol–water partition coefficient (Wildman–Crippen LogP) is 1.26. The van der Waals surface area contributed by atoms with E-state index < -0.39 is 0 Å². The second-order valence-electron chi connectivity index (χ2n) is 4.14. The van der Waals surface area contributed by atoms with Crippen LogP contribution in [0.1, 0.15) is 22.5 Å². The van der Waals surface area contributed by atoms with Gasteiger partial charge in [-0.2, -0.15) is 11.8 Å². The summed E-state index contributed by atoms with van der Waals surface area (Å²) in [4.78, 5) is 28.3. The molecule has 17 heavy (non-hydrogen) atoms. The molecule has 0 atom stereocenters. The summed E-state index contributed by atoms with van der Waals surface area (Å²) in [5, 5.41) is 0. The van der Waals surface area contributed by atoms with E-state index in [0.29, 0.717) is 0 Å². The molecule has 0 unspecified atom stereocenters. The van der Waals surface area contributed by atoms with E-state index in [-0.39, 0.29) is 17.0 Å². The Morgan fingerprint density at radius 1 is 1.35 bits per heavy atom. The van der Waals surface area contributed by atoms with Gasteiger partial charge in [-0.1, -0.05) is 0 Å². The Morgan fingerprint density at radius 3 is 2.94 bits per heavy atom. The standard InChI is InChI=1S/C12H16N2O2S/c1-9-3-4-10(11(15)13-9)12(16)14-5-2-7-17-8-6-14/h3-4H,2,5-8H2,1H3,(H,13,15). The van der Waals surface area contributed by atoms with Gasteiger partial charge in [-0.3, -0.25) is 9.59 Å². The van der Waals surface area contributed by atoms with Crippen LogP contribution in [0.3, 0.4) is 0 Å². The average molecular weight is 252 g/mol. The summed E-state index contributed by atoms with van der Waals surface area (Å²) >= 11 is 1.86. The molecule has 0 bridgehead atoms. The van der Waals surface area contributed by atoms with Gasteiger partial charge >= 0.3 is 0 Å². The summed E-state index contributed by atoms with van der Waals surface area (Å²) in [6.45, 7) is 3.29. The minimum Gasteiger partial charge on any atom is -0.338 e. The van der Waals surface area contributed by atoms with Crippen molar-refractivity contribution in [1.29, 1.82) is 0 Å². The summed E-state index contributed by atoms with van der Waals surface area (Å²) < 4.78 is 0. The van der Waals surface area contributed by atoms with E-state index in [0.717, 1.165) is 36.7 Å². The van der Waals surface area contributed by atoms with Gasteiger partial charge in [-0.15, -0.1) is 0 Å². The number of nitrogens with one attached hydrogen (secondary N) is 1. The first-order valence-corrected chi connectivity index (χ1v) is 6.91. The van der Waals surface area contributed by atoms with Crippen molar-refractivity contribution in [3.8, 4) is 0 Å². The molecule has 4 nitrogen and oxygen atoms in total. The molecule has 1 saturated heterocycles. The third-order valence-electron chi connectivity index (χ3n) is 2.80. The second-order valence-corrected chi connectivity index (χ2v) is 5.37. The summed E-state index contributed by atoms with van der Waals surface area (Å²) in [6.07, 6.45) is 1.00. The molecule has 2 rings (SSSR count). The maximum absolute atomic E-state index is 12.2. The Bertz CT molecular complexity index is 462. The lowest BCUT2D eigenvalue weighted by Crippen LogP contribution is -2.36. The van der Waals surface area contributed by atoms with Crippen LogP contribution in [-0.2, 0) is 0 Å². The largest absolute Gasteiger partial charge is 0.338 e. The first-order valence-electron chi connectivity index (χ1n) is 5.75. The fourth-order valence-electron chi connectivity index (χ4n) is 1.86. The van der Waals surface area contributed by atoms with E-state index in [2.05, 4.69) is 4.98 Å². The predicted molar refractivity (Wildman–Crippen MR) is 69.6 cm³/mol. The van der Waals surface area contributed by atoms with Crippen molar-refractivity contribution in [3.63, 3.8) is 0 Å². The number of carbonyl (C=O) groups is 1. The topological polar surface area (TPSA) is 53.2 Å². The van der Waals surface area contributed by atoms with Crippen molar-refractivity contribution in [2.75, 3.05) is 24.6 Å². The Morgan fingerprint density at radius 2 is 2.18 bits per heavy atom. The number of amides is 1. The molecular weight excluding hydrogens is 236 g/mol. The van der Waals surface area contributed by atoms with Crippen molar-refractivity contribution in [2.24, 2.45) is 0 Å². The Hall–Kier alpha value is -1.23. The van der Waals surface area contributed by atoms with E-state index in [1.165, 1.54) is 0 Å². The average Bonchev–Trinajstić information content (AvgIpc) is 2.56. The Kier molecular flexibility index (Phi) is 3.89. The molecule has 1 aliphatic heterocycles. The van der Waals surface area contributed by atoms with Crippen LogP contribution >= 0.6 is 11.8 Å². The highest BCUT2D eigenvalue weighted by Gasteiger charge is 2.19. The van der Waals surface area contributed by atoms with E-state index in [1.807, 2.05) is 11.8 Å². The van der Waals surface area contributed by atoms with Crippen LogP contribution in [0.2, 0.25) is 0 Å². The van der Waals surface area contributed by atoms with E-state index in [9.17, 15) is 9.59 Å². The molecular formula is C12H16N2O2S. The number of aryl methyl sites for hydroxylation is 1. The molecule has 0 radical (unpaired) electrons. The van der Waals surface area contributed by atoms with E-state index in [4.69, 9.17) is 0 Å². The number of nitrogens with zero attached hydrogens (tertiary/aromatic N) is 1. The molecule has 1 aromatic heterocycles. The molecule has 5 heteroatoms. The van der Waals surface area contributed by atoms with E-state index in [1.54, 1.807) is 24.0 Å². The van der Waals surface area contributed by atoms with Gasteiger partial charge in [0.15, 0.2) is 0 Å². The summed E-state index contributed by atoms with van der Waals surface area (Å²) in [7, 11) is 0. The minimum absolute atomic E-state index is 0.145. The molecule has 1 fully saturated rings. The molecule has 1 aromatic rings. The molecule has 92 valence electrons. The molecule has 0 aliphatic carbocycles. The molecule has 2 heterocycles. The van der Waals surface area contributed by atoms with Crippen molar-refractivity contribution in [3.05, 3.63) is 33.7 Å².